The zero-order chi connectivity index (χ0) is 18.7. The van der Waals surface area contributed by atoms with Crippen LogP contribution in [-0.2, 0) is 18.3 Å². The SMILES string of the molecule is CCCCOP(=O)(O)OC[C@@H]1C[C@@H](O)[C@H](n2cnc3c(N)ncnc32)O1. The van der Waals surface area contributed by atoms with Gasteiger partial charge in [0.2, 0.25) is 0 Å². The summed E-state index contributed by atoms with van der Waals surface area (Å²) in [5.74, 6) is 0.228. The normalized spacial score (nSPS) is 25.6. The van der Waals surface area contributed by atoms with Crippen molar-refractivity contribution < 1.29 is 28.3 Å². The minimum Gasteiger partial charge on any atom is -0.388 e. The van der Waals surface area contributed by atoms with E-state index in [-0.39, 0.29) is 25.5 Å². The summed E-state index contributed by atoms with van der Waals surface area (Å²) in [6.45, 7) is 1.90. The lowest BCUT2D eigenvalue weighted by Gasteiger charge is -2.17. The number of phosphoric ester groups is 1. The average molecular weight is 387 g/mol. The number of aromatic nitrogens is 4. The first-order valence-electron chi connectivity index (χ1n) is 8.29. The highest BCUT2D eigenvalue weighted by Crippen LogP contribution is 2.44. The van der Waals surface area contributed by atoms with Gasteiger partial charge in [-0.1, -0.05) is 13.3 Å². The number of phosphoric acid groups is 1. The van der Waals surface area contributed by atoms with Gasteiger partial charge >= 0.3 is 7.82 Å². The number of nitrogen functional groups attached to an aromatic ring is 1. The quantitative estimate of drug-likeness (QED) is 0.441. The van der Waals surface area contributed by atoms with Gasteiger partial charge in [0.15, 0.2) is 17.7 Å². The van der Waals surface area contributed by atoms with Crippen LogP contribution in [0.5, 0.6) is 0 Å². The van der Waals surface area contributed by atoms with Crippen LogP contribution in [0.15, 0.2) is 12.7 Å². The van der Waals surface area contributed by atoms with Crippen molar-refractivity contribution >= 4 is 24.8 Å². The number of fused-ring (bicyclic) bond motifs is 1. The second-order valence-electron chi connectivity index (χ2n) is 5.99. The van der Waals surface area contributed by atoms with Gasteiger partial charge in [-0.15, -0.1) is 0 Å². The fourth-order valence-electron chi connectivity index (χ4n) is 2.68. The van der Waals surface area contributed by atoms with Crippen molar-refractivity contribution in [1.29, 1.82) is 0 Å². The first-order chi connectivity index (χ1) is 12.4. The van der Waals surface area contributed by atoms with Crippen LogP contribution in [-0.4, -0.2) is 54.9 Å². The van der Waals surface area contributed by atoms with Crippen molar-refractivity contribution in [1.82, 2.24) is 19.5 Å². The molecular weight excluding hydrogens is 365 g/mol. The van der Waals surface area contributed by atoms with Gasteiger partial charge in [-0.05, 0) is 6.42 Å². The molecule has 3 heterocycles. The first kappa shape index (κ1) is 19.2. The molecule has 0 saturated carbocycles. The number of hydrogen-bond donors (Lipinski definition) is 3. The molecule has 0 bridgehead atoms. The molecule has 0 amide bonds. The second kappa shape index (κ2) is 7.95. The maximum Gasteiger partial charge on any atom is 0.472 e. The van der Waals surface area contributed by atoms with Crippen LogP contribution in [0.3, 0.4) is 0 Å². The standard InChI is InChI=1S/C14H22N5O6P/c1-2-3-4-23-26(21,22)24-6-9-5-10(20)14(25-9)19-8-18-11-12(15)16-7-17-13(11)19/h7-10,14,20H,2-6H2,1H3,(H,21,22)(H2,15,16,17)/t9-,10+,14+/m0/s1. The van der Waals surface area contributed by atoms with Gasteiger partial charge in [0, 0.05) is 6.42 Å². The fourth-order valence-corrected chi connectivity index (χ4v) is 3.47. The molecule has 2 aromatic rings. The summed E-state index contributed by atoms with van der Waals surface area (Å²) in [7, 11) is -4.14. The summed E-state index contributed by atoms with van der Waals surface area (Å²) >= 11 is 0. The lowest BCUT2D eigenvalue weighted by Crippen LogP contribution is -2.19. The third kappa shape index (κ3) is 4.20. The number of hydrogen-bond acceptors (Lipinski definition) is 9. The molecule has 144 valence electrons. The van der Waals surface area contributed by atoms with Crippen molar-refractivity contribution in [3.8, 4) is 0 Å². The third-order valence-electron chi connectivity index (χ3n) is 4.00. The zero-order valence-electron chi connectivity index (χ0n) is 14.3. The number of anilines is 1. The summed E-state index contributed by atoms with van der Waals surface area (Å²) in [6.07, 6.45) is 2.27. The molecule has 4 atom stereocenters. The second-order valence-corrected chi connectivity index (χ2v) is 7.44. The minimum absolute atomic E-state index is 0.142. The molecule has 2 aromatic heterocycles. The van der Waals surface area contributed by atoms with E-state index in [9.17, 15) is 14.6 Å². The number of aliphatic hydroxyl groups is 1. The predicted octanol–water partition coefficient (Wildman–Crippen LogP) is 0.991. The zero-order valence-corrected chi connectivity index (χ0v) is 15.2. The van der Waals surface area contributed by atoms with Crippen molar-refractivity contribution in [2.24, 2.45) is 0 Å². The molecule has 1 aliphatic rings. The highest BCUT2D eigenvalue weighted by atomic mass is 31.2. The molecule has 0 spiro atoms. The van der Waals surface area contributed by atoms with E-state index in [0.717, 1.165) is 6.42 Å². The molecular formula is C14H22N5O6P. The Morgan fingerprint density at radius 3 is 3.00 bits per heavy atom. The maximum atomic E-state index is 11.8. The topological polar surface area (TPSA) is 155 Å². The molecule has 11 nitrogen and oxygen atoms in total. The molecule has 0 aliphatic carbocycles. The van der Waals surface area contributed by atoms with Gasteiger partial charge in [-0.2, -0.15) is 0 Å². The van der Waals surface area contributed by atoms with E-state index in [1.54, 1.807) is 4.57 Å². The number of rotatable bonds is 8. The van der Waals surface area contributed by atoms with Crippen LogP contribution >= 0.6 is 7.82 Å². The Labute approximate surface area is 149 Å². The molecule has 1 aliphatic heterocycles. The Hall–Kier alpha value is -1.62. The number of imidazole rings is 1. The Morgan fingerprint density at radius 2 is 2.23 bits per heavy atom. The monoisotopic (exact) mass is 387 g/mol. The van der Waals surface area contributed by atoms with E-state index in [0.29, 0.717) is 17.6 Å². The van der Waals surface area contributed by atoms with Crippen LogP contribution < -0.4 is 5.73 Å². The van der Waals surface area contributed by atoms with Gasteiger partial charge in [-0.3, -0.25) is 13.6 Å². The smallest absolute Gasteiger partial charge is 0.388 e. The highest BCUT2D eigenvalue weighted by Gasteiger charge is 2.37. The lowest BCUT2D eigenvalue weighted by molar-refractivity contribution is -0.0490. The molecule has 1 saturated heterocycles. The van der Waals surface area contributed by atoms with E-state index in [1.165, 1.54) is 12.7 Å². The largest absolute Gasteiger partial charge is 0.472 e. The molecule has 3 rings (SSSR count). The Bertz CT molecular complexity index is 801. The molecule has 1 unspecified atom stereocenters. The predicted molar refractivity (Wildman–Crippen MR) is 90.9 cm³/mol. The van der Waals surface area contributed by atoms with Crippen molar-refractivity contribution in [3.05, 3.63) is 12.7 Å². The van der Waals surface area contributed by atoms with E-state index < -0.39 is 26.3 Å². The fraction of sp³-hybridized carbons (Fsp3) is 0.643. The summed E-state index contributed by atoms with van der Waals surface area (Å²) in [5.41, 5.74) is 6.59. The van der Waals surface area contributed by atoms with Crippen molar-refractivity contribution in [3.63, 3.8) is 0 Å². The van der Waals surface area contributed by atoms with E-state index in [4.69, 9.17) is 19.5 Å². The van der Waals surface area contributed by atoms with E-state index in [2.05, 4.69) is 15.0 Å². The highest BCUT2D eigenvalue weighted by molar-refractivity contribution is 7.47. The van der Waals surface area contributed by atoms with Gasteiger partial charge in [0.25, 0.3) is 0 Å². The minimum atomic E-state index is -4.14. The molecule has 0 aromatic carbocycles. The Kier molecular flexibility index (Phi) is 5.86. The number of unbranched alkanes of at least 4 members (excludes halogenated alkanes) is 1. The molecule has 26 heavy (non-hydrogen) atoms. The van der Waals surface area contributed by atoms with Crippen LogP contribution in [0.1, 0.15) is 32.4 Å². The van der Waals surface area contributed by atoms with Gasteiger partial charge < -0.3 is 20.5 Å². The van der Waals surface area contributed by atoms with E-state index >= 15 is 0 Å². The third-order valence-corrected chi connectivity index (χ3v) is 4.99. The van der Waals surface area contributed by atoms with E-state index in [1.807, 2.05) is 6.92 Å². The molecule has 4 N–H and O–H groups in total. The lowest BCUT2D eigenvalue weighted by atomic mass is 10.2. The summed E-state index contributed by atoms with van der Waals surface area (Å²) < 4.78 is 28.9. The average Bonchev–Trinajstić information content (AvgIpc) is 3.17. The number of ether oxygens (including phenoxy) is 1. The van der Waals surface area contributed by atoms with Crippen LogP contribution in [0.4, 0.5) is 5.82 Å². The van der Waals surface area contributed by atoms with Gasteiger partial charge in [0.05, 0.1) is 25.6 Å². The maximum absolute atomic E-state index is 11.8. The van der Waals surface area contributed by atoms with Gasteiger partial charge in [0.1, 0.15) is 17.9 Å². The number of nitrogens with zero attached hydrogens (tertiary/aromatic N) is 4. The molecule has 12 heteroatoms. The van der Waals surface area contributed by atoms with Crippen LogP contribution in [0, 0.1) is 0 Å². The first-order valence-corrected chi connectivity index (χ1v) is 9.79. The van der Waals surface area contributed by atoms with Crippen LogP contribution in [0.2, 0.25) is 0 Å². The molecule has 0 radical (unpaired) electrons. The molecule has 1 fully saturated rings. The van der Waals surface area contributed by atoms with Crippen molar-refractivity contribution in [2.75, 3.05) is 18.9 Å². The van der Waals surface area contributed by atoms with Gasteiger partial charge in [-0.25, -0.2) is 19.5 Å². The Morgan fingerprint density at radius 1 is 1.42 bits per heavy atom. The summed E-state index contributed by atoms with van der Waals surface area (Å²) in [6, 6.07) is 0. The number of aliphatic hydroxyl groups excluding tert-OH is 1. The van der Waals surface area contributed by atoms with Crippen molar-refractivity contribution in [2.45, 2.75) is 44.6 Å². The van der Waals surface area contributed by atoms with Crippen LogP contribution in [0.25, 0.3) is 11.2 Å². The summed E-state index contributed by atoms with van der Waals surface area (Å²) in [5, 5.41) is 10.3. The summed E-state index contributed by atoms with van der Waals surface area (Å²) in [4.78, 5) is 21.8. The Balaban J connectivity index is 1.62. The number of nitrogens with two attached hydrogens (primary N) is 1.